The number of nitrogens with one attached hydrogen (secondary N) is 2. The molecule has 1 fully saturated rings. The Bertz CT molecular complexity index is 777. The van der Waals surface area contributed by atoms with Crippen molar-refractivity contribution in [2.75, 3.05) is 17.7 Å². The molecule has 1 aromatic carbocycles. The van der Waals surface area contributed by atoms with Crippen molar-refractivity contribution in [2.24, 2.45) is 0 Å². The molecule has 3 rings (SSSR count). The van der Waals surface area contributed by atoms with Crippen LogP contribution >= 0.6 is 0 Å². The number of rotatable bonds is 6. The van der Waals surface area contributed by atoms with Crippen LogP contribution < -0.4 is 15.4 Å². The zero-order chi connectivity index (χ0) is 18.5. The van der Waals surface area contributed by atoms with E-state index in [0.29, 0.717) is 17.4 Å². The highest BCUT2D eigenvalue weighted by atomic mass is 16.6. The van der Waals surface area contributed by atoms with Crippen molar-refractivity contribution < 1.29 is 14.8 Å². The lowest BCUT2D eigenvalue weighted by Gasteiger charge is -2.26. The second kappa shape index (κ2) is 7.96. The van der Waals surface area contributed by atoms with Crippen molar-refractivity contribution >= 4 is 23.1 Å². The van der Waals surface area contributed by atoms with Crippen LogP contribution in [0.25, 0.3) is 0 Å². The van der Waals surface area contributed by atoms with Crippen LogP contribution in [0.15, 0.2) is 30.5 Å². The number of anilines is 3. The topological polar surface area (TPSA) is 122 Å². The third-order valence-electron chi connectivity index (χ3n) is 4.36. The van der Waals surface area contributed by atoms with Crippen LogP contribution in [0.1, 0.15) is 25.7 Å². The molecule has 0 unspecified atom stereocenters. The number of benzene rings is 1. The highest BCUT2D eigenvalue weighted by Gasteiger charge is 2.22. The van der Waals surface area contributed by atoms with Gasteiger partial charge in [0.25, 0.3) is 0 Å². The van der Waals surface area contributed by atoms with Gasteiger partial charge in [0, 0.05) is 6.04 Å². The fourth-order valence-corrected chi connectivity index (χ4v) is 2.95. The van der Waals surface area contributed by atoms with E-state index in [9.17, 15) is 15.2 Å². The number of aliphatic hydroxyl groups excluding tert-OH is 1. The summed E-state index contributed by atoms with van der Waals surface area (Å²) in [4.78, 5) is 19.1. The molecule has 0 amide bonds. The van der Waals surface area contributed by atoms with E-state index in [2.05, 4.69) is 20.6 Å². The second-order valence-corrected chi connectivity index (χ2v) is 6.16. The number of aromatic nitrogens is 2. The second-order valence-electron chi connectivity index (χ2n) is 6.16. The van der Waals surface area contributed by atoms with E-state index in [1.807, 2.05) is 6.07 Å². The monoisotopic (exact) mass is 359 g/mol. The van der Waals surface area contributed by atoms with Gasteiger partial charge in [0.15, 0.2) is 0 Å². The predicted molar refractivity (Wildman–Crippen MR) is 96.8 cm³/mol. The highest BCUT2D eigenvalue weighted by Crippen LogP contribution is 2.31. The first kappa shape index (κ1) is 17.9. The normalized spacial score (nSPS) is 19.6. The molecule has 9 nitrogen and oxygen atoms in total. The molecule has 1 heterocycles. The summed E-state index contributed by atoms with van der Waals surface area (Å²) in [5.74, 6) is 0.957. The molecule has 1 aliphatic carbocycles. The standard InChI is InChI=1S/C17H21N5O4/c1-26-15-5-3-2-4-13(15)20-16-14(22(24)25)10-18-17(21-16)19-11-6-8-12(23)9-7-11/h2-5,10-12,23H,6-9H2,1H3,(H2,18,19,20,21). The summed E-state index contributed by atoms with van der Waals surface area (Å²) in [6.07, 6.45) is 3.97. The van der Waals surface area contributed by atoms with Crippen LogP contribution in [-0.2, 0) is 0 Å². The van der Waals surface area contributed by atoms with Crippen LogP contribution in [0.2, 0.25) is 0 Å². The molecule has 2 aromatic rings. The number of para-hydroxylation sites is 2. The van der Waals surface area contributed by atoms with Crippen LogP contribution in [0.5, 0.6) is 5.75 Å². The molecule has 0 radical (unpaired) electrons. The quantitative estimate of drug-likeness (QED) is 0.531. The molecule has 3 N–H and O–H groups in total. The van der Waals surface area contributed by atoms with Gasteiger partial charge in [-0.1, -0.05) is 12.1 Å². The predicted octanol–water partition coefficient (Wildman–Crippen LogP) is 2.85. The molecule has 26 heavy (non-hydrogen) atoms. The Morgan fingerprint density at radius 2 is 2.00 bits per heavy atom. The number of nitrogens with zero attached hydrogens (tertiary/aromatic N) is 3. The average molecular weight is 359 g/mol. The van der Waals surface area contributed by atoms with Crippen LogP contribution in [0.4, 0.5) is 23.1 Å². The van der Waals surface area contributed by atoms with Crippen molar-refractivity contribution in [3.05, 3.63) is 40.6 Å². The Hall–Kier alpha value is -2.94. The molecule has 138 valence electrons. The van der Waals surface area contributed by atoms with E-state index in [0.717, 1.165) is 25.7 Å². The third kappa shape index (κ3) is 4.17. The Labute approximate surface area is 150 Å². The van der Waals surface area contributed by atoms with Crippen molar-refractivity contribution in [3.63, 3.8) is 0 Å². The van der Waals surface area contributed by atoms with E-state index in [1.165, 1.54) is 13.3 Å². The minimum Gasteiger partial charge on any atom is -0.495 e. The van der Waals surface area contributed by atoms with Gasteiger partial charge >= 0.3 is 5.69 Å². The number of nitro groups is 1. The zero-order valence-corrected chi connectivity index (χ0v) is 14.4. The molecule has 9 heteroatoms. The van der Waals surface area contributed by atoms with E-state index < -0.39 is 4.92 Å². The SMILES string of the molecule is COc1ccccc1Nc1nc(NC2CCC(O)CC2)ncc1[N+](=O)[O-]. The maximum absolute atomic E-state index is 11.3. The molecule has 0 bridgehead atoms. The molecular weight excluding hydrogens is 338 g/mol. The minimum absolute atomic E-state index is 0.0906. The van der Waals surface area contributed by atoms with Gasteiger partial charge in [-0.25, -0.2) is 4.98 Å². The lowest BCUT2D eigenvalue weighted by Crippen LogP contribution is -2.29. The minimum atomic E-state index is -0.529. The fourth-order valence-electron chi connectivity index (χ4n) is 2.95. The summed E-state index contributed by atoms with van der Waals surface area (Å²) in [5.41, 5.74) is 0.351. The van der Waals surface area contributed by atoms with Crippen molar-refractivity contribution in [1.29, 1.82) is 0 Å². The van der Waals surface area contributed by atoms with E-state index in [4.69, 9.17) is 4.74 Å². The molecule has 0 aliphatic heterocycles. The molecule has 0 saturated heterocycles. The van der Waals surface area contributed by atoms with Crippen LogP contribution in [-0.4, -0.2) is 39.3 Å². The van der Waals surface area contributed by atoms with Crippen LogP contribution in [0.3, 0.4) is 0 Å². The van der Waals surface area contributed by atoms with Crippen molar-refractivity contribution in [1.82, 2.24) is 9.97 Å². The summed E-state index contributed by atoms with van der Waals surface area (Å²) in [7, 11) is 1.53. The average Bonchev–Trinajstić information content (AvgIpc) is 2.64. The number of hydrogen-bond donors (Lipinski definition) is 3. The Balaban J connectivity index is 1.83. The molecule has 1 aromatic heterocycles. The largest absolute Gasteiger partial charge is 0.495 e. The Morgan fingerprint density at radius 3 is 2.69 bits per heavy atom. The molecule has 0 atom stereocenters. The summed E-state index contributed by atoms with van der Waals surface area (Å²) in [6, 6.07) is 7.24. The Morgan fingerprint density at radius 1 is 1.27 bits per heavy atom. The maximum atomic E-state index is 11.3. The van der Waals surface area contributed by atoms with Gasteiger partial charge in [-0.05, 0) is 37.8 Å². The van der Waals surface area contributed by atoms with Gasteiger partial charge in [-0.15, -0.1) is 0 Å². The zero-order valence-electron chi connectivity index (χ0n) is 14.4. The van der Waals surface area contributed by atoms with Gasteiger partial charge in [-0.3, -0.25) is 10.1 Å². The van der Waals surface area contributed by atoms with Gasteiger partial charge in [0.1, 0.15) is 11.9 Å². The van der Waals surface area contributed by atoms with Gasteiger partial charge in [0.05, 0.1) is 23.8 Å². The highest BCUT2D eigenvalue weighted by molar-refractivity contribution is 5.70. The third-order valence-corrected chi connectivity index (χ3v) is 4.36. The first-order chi connectivity index (χ1) is 12.6. The number of hydrogen-bond acceptors (Lipinski definition) is 8. The van der Waals surface area contributed by atoms with E-state index >= 15 is 0 Å². The number of methoxy groups -OCH3 is 1. The smallest absolute Gasteiger partial charge is 0.329 e. The van der Waals surface area contributed by atoms with Gasteiger partial charge in [0.2, 0.25) is 11.8 Å². The number of ether oxygens (including phenoxy) is 1. The first-order valence-electron chi connectivity index (χ1n) is 8.43. The maximum Gasteiger partial charge on any atom is 0.329 e. The summed E-state index contributed by atoms with van der Waals surface area (Å²) < 4.78 is 5.26. The van der Waals surface area contributed by atoms with Crippen LogP contribution in [0, 0.1) is 10.1 Å². The van der Waals surface area contributed by atoms with Crippen molar-refractivity contribution in [3.8, 4) is 5.75 Å². The first-order valence-corrected chi connectivity index (χ1v) is 8.43. The molecular formula is C17H21N5O4. The molecule has 0 spiro atoms. The lowest BCUT2D eigenvalue weighted by molar-refractivity contribution is -0.384. The van der Waals surface area contributed by atoms with Crippen molar-refractivity contribution in [2.45, 2.75) is 37.8 Å². The van der Waals surface area contributed by atoms with E-state index in [1.54, 1.807) is 18.2 Å². The lowest BCUT2D eigenvalue weighted by atomic mass is 9.93. The summed E-state index contributed by atoms with van der Waals surface area (Å²) >= 11 is 0. The molecule has 1 aliphatic rings. The summed E-state index contributed by atoms with van der Waals surface area (Å²) in [6.45, 7) is 0. The van der Waals surface area contributed by atoms with Gasteiger partial charge in [-0.2, -0.15) is 4.98 Å². The Kier molecular flexibility index (Phi) is 5.47. The molecule has 1 saturated carbocycles. The van der Waals surface area contributed by atoms with Gasteiger partial charge < -0.3 is 20.5 Å². The van der Waals surface area contributed by atoms with E-state index in [-0.39, 0.29) is 23.7 Å². The number of aliphatic hydroxyl groups is 1. The summed E-state index contributed by atoms with van der Waals surface area (Å²) in [5, 5.41) is 27.1. The fraction of sp³-hybridized carbons (Fsp3) is 0.412.